The Hall–Kier alpha value is -1.92. The lowest BCUT2D eigenvalue weighted by Crippen LogP contribution is -2.54. The van der Waals surface area contributed by atoms with Gasteiger partial charge in [-0.05, 0) is 36.4 Å². The summed E-state index contributed by atoms with van der Waals surface area (Å²) in [5, 5.41) is 15.6. The Morgan fingerprint density at radius 1 is 1.39 bits per heavy atom. The van der Waals surface area contributed by atoms with Gasteiger partial charge in [0.05, 0.1) is 12.0 Å². The van der Waals surface area contributed by atoms with Crippen LogP contribution in [0.2, 0.25) is 0 Å². The first kappa shape index (κ1) is 16.0. The quantitative estimate of drug-likeness (QED) is 0.877. The van der Waals surface area contributed by atoms with Gasteiger partial charge in [-0.2, -0.15) is 0 Å². The van der Waals surface area contributed by atoms with Gasteiger partial charge in [-0.3, -0.25) is 4.79 Å². The summed E-state index contributed by atoms with van der Waals surface area (Å²) in [7, 11) is 0. The van der Waals surface area contributed by atoms with Gasteiger partial charge in [0.2, 0.25) is 5.91 Å². The molecule has 0 spiro atoms. The standard InChI is InChI=1S/C17H21N3O2S/c21-16(11-14-5-3-10-23-14)19-12-17(22)7-4-9-20(13-17)15-6-1-2-8-18-15/h1-3,5-6,8,10,22H,4,7,9,11-13H2,(H,19,21). The molecule has 3 rings (SSSR count). The summed E-state index contributed by atoms with van der Waals surface area (Å²) in [6.07, 6.45) is 3.70. The molecule has 1 fully saturated rings. The highest BCUT2D eigenvalue weighted by Gasteiger charge is 2.34. The second-order valence-corrected chi connectivity index (χ2v) is 7.00. The highest BCUT2D eigenvalue weighted by atomic mass is 32.1. The number of hydrogen-bond donors (Lipinski definition) is 2. The summed E-state index contributed by atoms with van der Waals surface area (Å²) in [6, 6.07) is 9.65. The highest BCUT2D eigenvalue weighted by molar-refractivity contribution is 7.10. The monoisotopic (exact) mass is 331 g/mol. The number of carbonyl (C=O) groups excluding carboxylic acids is 1. The molecular formula is C17H21N3O2S. The van der Waals surface area contributed by atoms with Crippen molar-refractivity contribution in [1.82, 2.24) is 10.3 Å². The topological polar surface area (TPSA) is 65.5 Å². The van der Waals surface area contributed by atoms with Crippen molar-refractivity contribution in [3.63, 3.8) is 0 Å². The second-order valence-electron chi connectivity index (χ2n) is 5.97. The first-order valence-corrected chi connectivity index (χ1v) is 8.70. The smallest absolute Gasteiger partial charge is 0.225 e. The molecule has 122 valence electrons. The third-order valence-electron chi connectivity index (χ3n) is 4.06. The van der Waals surface area contributed by atoms with Crippen LogP contribution in [0.4, 0.5) is 5.82 Å². The Labute approximate surface area is 140 Å². The predicted molar refractivity (Wildman–Crippen MR) is 91.7 cm³/mol. The van der Waals surface area contributed by atoms with Gasteiger partial charge < -0.3 is 15.3 Å². The number of rotatable bonds is 5. The van der Waals surface area contributed by atoms with E-state index in [2.05, 4.69) is 15.2 Å². The lowest BCUT2D eigenvalue weighted by atomic mass is 9.92. The van der Waals surface area contributed by atoms with E-state index in [1.54, 1.807) is 17.5 Å². The molecule has 1 atom stereocenters. The van der Waals surface area contributed by atoms with Crippen LogP contribution in [0.1, 0.15) is 17.7 Å². The maximum absolute atomic E-state index is 12.0. The summed E-state index contributed by atoms with van der Waals surface area (Å²) >= 11 is 1.57. The van der Waals surface area contributed by atoms with Gasteiger partial charge in [0.1, 0.15) is 5.82 Å². The number of nitrogens with zero attached hydrogens (tertiary/aromatic N) is 2. The number of hydrogen-bond acceptors (Lipinski definition) is 5. The average molecular weight is 331 g/mol. The van der Waals surface area contributed by atoms with Crippen LogP contribution in [0.3, 0.4) is 0 Å². The van der Waals surface area contributed by atoms with Gasteiger partial charge in [0.25, 0.3) is 0 Å². The summed E-state index contributed by atoms with van der Waals surface area (Å²) < 4.78 is 0. The minimum absolute atomic E-state index is 0.0455. The number of nitrogens with one attached hydrogen (secondary N) is 1. The predicted octanol–water partition coefficient (Wildman–Crippen LogP) is 1.83. The van der Waals surface area contributed by atoms with Crippen molar-refractivity contribution in [3.8, 4) is 0 Å². The Bertz CT molecular complexity index is 633. The molecule has 1 aliphatic rings. The van der Waals surface area contributed by atoms with E-state index in [1.807, 2.05) is 35.7 Å². The van der Waals surface area contributed by atoms with Crippen molar-refractivity contribution in [2.45, 2.75) is 24.9 Å². The number of aromatic nitrogens is 1. The number of thiophene rings is 1. The molecule has 5 nitrogen and oxygen atoms in total. The van der Waals surface area contributed by atoms with Crippen LogP contribution in [-0.4, -0.2) is 41.2 Å². The Morgan fingerprint density at radius 3 is 3.04 bits per heavy atom. The van der Waals surface area contributed by atoms with Crippen LogP contribution < -0.4 is 10.2 Å². The van der Waals surface area contributed by atoms with Crippen LogP contribution in [0.15, 0.2) is 41.9 Å². The SMILES string of the molecule is O=C(Cc1cccs1)NCC1(O)CCCN(c2ccccn2)C1. The number of piperidine rings is 1. The molecule has 3 heterocycles. The van der Waals surface area contributed by atoms with Crippen LogP contribution in [0.5, 0.6) is 0 Å². The van der Waals surface area contributed by atoms with Crippen molar-refractivity contribution < 1.29 is 9.90 Å². The summed E-state index contributed by atoms with van der Waals surface area (Å²) in [6.45, 7) is 1.65. The van der Waals surface area contributed by atoms with Crippen molar-refractivity contribution in [1.29, 1.82) is 0 Å². The molecule has 23 heavy (non-hydrogen) atoms. The Morgan fingerprint density at radius 2 is 2.30 bits per heavy atom. The molecule has 2 N–H and O–H groups in total. The molecule has 0 saturated carbocycles. The molecule has 1 aliphatic heterocycles. The van der Waals surface area contributed by atoms with Crippen LogP contribution in [0, 0.1) is 0 Å². The minimum atomic E-state index is -0.902. The van der Waals surface area contributed by atoms with Crippen molar-refractivity contribution in [2.75, 3.05) is 24.5 Å². The van der Waals surface area contributed by atoms with E-state index in [1.165, 1.54) is 0 Å². The molecular weight excluding hydrogens is 310 g/mol. The molecule has 1 unspecified atom stereocenters. The number of carbonyl (C=O) groups is 1. The third-order valence-corrected chi connectivity index (χ3v) is 4.93. The average Bonchev–Trinajstić information content (AvgIpc) is 3.07. The summed E-state index contributed by atoms with van der Waals surface area (Å²) in [5.41, 5.74) is -0.902. The number of pyridine rings is 1. The Kier molecular flexibility index (Phi) is 4.93. The van der Waals surface area contributed by atoms with Gasteiger partial charge in [0, 0.05) is 30.7 Å². The van der Waals surface area contributed by atoms with E-state index in [4.69, 9.17) is 0 Å². The fraction of sp³-hybridized carbons (Fsp3) is 0.412. The lowest BCUT2D eigenvalue weighted by molar-refractivity contribution is -0.121. The largest absolute Gasteiger partial charge is 0.386 e. The molecule has 2 aromatic rings. The van der Waals surface area contributed by atoms with E-state index in [0.717, 1.165) is 23.7 Å². The maximum Gasteiger partial charge on any atom is 0.225 e. The van der Waals surface area contributed by atoms with Gasteiger partial charge in [-0.1, -0.05) is 12.1 Å². The Balaban J connectivity index is 1.55. The van der Waals surface area contributed by atoms with E-state index < -0.39 is 5.60 Å². The third kappa shape index (κ3) is 4.30. The maximum atomic E-state index is 12.0. The van der Waals surface area contributed by atoms with Gasteiger partial charge >= 0.3 is 0 Å². The summed E-state index contributed by atoms with van der Waals surface area (Å²) in [5.74, 6) is 0.825. The molecule has 1 saturated heterocycles. The normalized spacial score (nSPS) is 21.2. The number of β-amino-alcohol motifs (C(OH)–C–C–N with tert-alkyl or cyclic N) is 1. The molecule has 0 aliphatic carbocycles. The molecule has 0 aromatic carbocycles. The van der Waals surface area contributed by atoms with E-state index >= 15 is 0 Å². The molecule has 1 amide bonds. The zero-order valence-corrected chi connectivity index (χ0v) is 13.8. The van der Waals surface area contributed by atoms with E-state index in [-0.39, 0.29) is 12.5 Å². The number of aliphatic hydroxyl groups is 1. The zero-order chi connectivity index (χ0) is 16.1. The van der Waals surface area contributed by atoms with Crippen LogP contribution >= 0.6 is 11.3 Å². The van der Waals surface area contributed by atoms with Crippen molar-refractivity contribution in [2.24, 2.45) is 0 Å². The van der Waals surface area contributed by atoms with Gasteiger partial charge in [0.15, 0.2) is 0 Å². The first-order chi connectivity index (χ1) is 11.1. The molecule has 0 radical (unpaired) electrons. The molecule has 6 heteroatoms. The zero-order valence-electron chi connectivity index (χ0n) is 12.9. The molecule has 0 bridgehead atoms. The fourth-order valence-electron chi connectivity index (χ4n) is 2.89. The second kappa shape index (κ2) is 7.10. The number of anilines is 1. The van der Waals surface area contributed by atoms with Crippen LogP contribution in [0.25, 0.3) is 0 Å². The van der Waals surface area contributed by atoms with Gasteiger partial charge in [-0.15, -0.1) is 11.3 Å². The van der Waals surface area contributed by atoms with E-state index in [9.17, 15) is 9.90 Å². The highest BCUT2D eigenvalue weighted by Crippen LogP contribution is 2.24. The van der Waals surface area contributed by atoms with Crippen molar-refractivity contribution >= 4 is 23.1 Å². The minimum Gasteiger partial charge on any atom is -0.386 e. The van der Waals surface area contributed by atoms with Gasteiger partial charge in [-0.25, -0.2) is 4.98 Å². The van der Waals surface area contributed by atoms with E-state index in [0.29, 0.717) is 19.4 Å². The first-order valence-electron chi connectivity index (χ1n) is 7.82. The molecule has 2 aromatic heterocycles. The van der Waals surface area contributed by atoms with Crippen LogP contribution in [-0.2, 0) is 11.2 Å². The fourth-order valence-corrected chi connectivity index (χ4v) is 3.59. The summed E-state index contributed by atoms with van der Waals surface area (Å²) in [4.78, 5) is 19.5. The lowest BCUT2D eigenvalue weighted by Gasteiger charge is -2.39. The van der Waals surface area contributed by atoms with Crippen molar-refractivity contribution in [3.05, 3.63) is 46.8 Å². The number of amides is 1.